The van der Waals surface area contributed by atoms with E-state index in [0.717, 1.165) is 18.4 Å². The fraction of sp³-hybridized carbons (Fsp3) is 0.381. The minimum absolute atomic E-state index is 0.00112. The van der Waals surface area contributed by atoms with Crippen molar-refractivity contribution in [3.8, 4) is 0 Å². The molecule has 2 aromatic carbocycles. The van der Waals surface area contributed by atoms with Gasteiger partial charge in [-0.1, -0.05) is 42.5 Å². The minimum Gasteiger partial charge on any atom is -0.381 e. The number of carbonyl (C=O) groups is 1. The number of piperidine rings is 1. The molecule has 6 nitrogen and oxygen atoms in total. The van der Waals surface area contributed by atoms with Crippen molar-refractivity contribution in [2.75, 3.05) is 25.5 Å². The summed E-state index contributed by atoms with van der Waals surface area (Å²) in [5.74, 6) is -0.0658. The molecule has 1 N–H and O–H groups in total. The predicted molar refractivity (Wildman–Crippen MR) is 110 cm³/mol. The summed E-state index contributed by atoms with van der Waals surface area (Å²) in [6.07, 6.45) is 1.85. The normalized spacial score (nSPS) is 15.4. The molecule has 0 bridgehead atoms. The highest BCUT2D eigenvalue weighted by atomic mass is 32.2. The summed E-state index contributed by atoms with van der Waals surface area (Å²) >= 11 is 0. The third-order valence-electron chi connectivity index (χ3n) is 4.86. The summed E-state index contributed by atoms with van der Waals surface area (Å²) in [5.41, 5.74) is 2.03. The molecule has 0 aromatic heterocycles. The topological polar surface area (TPSA) is 75.7 Å². The van der Waals surface area contributed by atoms with E-state index in [2.05, 4.69) is 5.32 Å². The molecule has 28 heavy (non-hydrogen) atoms. The van der Waals surface area contributed by atoms with Crippen molar-refractivity contribution in [1.82, 2.24) is 4.90 Å². The van der Waals surface area contributed by atoms with E-state index in [9.17, 15) is 13.2 Å². The molecule has 0 aliphatic carbocycles. The first-order chi connectivity index (χ1) is 13.4. The Morgan fingerprint density at radius 1 is 1.04 bits per heavy atom. The van der Waals surface area contributed by atoms with Crippen LogP contribution in [-0.4, -0.2) is 45.7 Å². The van der Waals surface area contributed by atoms with Gasteiger partial charge in [-0.3, -0.25) is 0 Å². The lowest BCUT2D eigenvalue weighted by Gasteiger charge is -2.31. The first-order valence-corrected chi connectivity index (χ1v) is 11.2. The Hall–Kier alpha value is -2.38. The summed E-state index contributed by atoms with van der Waals surface area (Å²) in [6.45, 7) is 1.30. The quantitative estimate of drug-likeness (QED) is 0.803. The van der Waals surface area contributed by atoms with E-state index >= 15 is 0 Å². The van der Waals surface area contributed by atoms with Crippen molar-refractivity contribution in [3.63, 3.8) is 0 Å². The number of rotatable bonds is 6. The van der Waals surface area contributed by atoms with Gasteiger partial charge in [-0.25, -0.2) is 13.2 Å². The Bertz CT molecular complexity index is 892. The molecule has 0 spiro atoms. The predicted octanol–water partition coefficient (Wildman–Crippen LogP) is 3.44. The molecule has 3 rings (SSSR count). The maximum Gasteiger partial charge on any atom is 0.321 e. The van der Waals surface area contributed by atoms with Gasteiger partial charge >= 0.3 is 6.03 Å². The van der Waals surface area contributed by atoms with Crippen LogP contribution in [0.25, 0.3) is 0 Å². The van der Waals surface area contributed by atoms with Gasteiger partial charge in [0, 0.05) is 25.9 Å². The van der Waals surface area contributed by atoms with E-state index < -0.39 is 9.84 Å². The van der Waals surface area contributed by atoms with E-state index in [4.69, 9.17) is 4.74 Å². The number of urea groups is 1. The summed E-state index contributed by atoms with van der Waals surface area (Å²) in [7, 11) is -1.61. The lowest BCUT2D eigenvalue weighted by atomic mass is 10.1. The highest BCUT2D eigenvalue weighted by Gasteiger charge is 2.22. The molecule has 1 fully saturated rings. The van der Waals surface area contributed by atoms with Gasteiger partial charge in [-0.05, 0) is 36.1 Å². The Kier molecular flexibility index (Phi) is 6.70. The van der Waals surface area contributed by atoms with E-state index in [-0.39, 0.29) is 23.6 Å². The number of sulfone groups is 1. The Balaban J connectivity index is 1.60. The van der Waals surface area contributed by atoms with Crippen molar-refractivity contribution in [1.29, 1.82) is 0 Å². The van der Waals surface area contributed by atoms with Gasteiger partial charge in [-0.15, -0.1) is 0 Å². The molecule has 1 heterocycles. The molecule has 1 aliphatic heterocycles. The Labute approximate surface area is 166 Å². The number of hydrogen-bond donors (Lipinski definition) is 1. The standard InChI is InChI=1S/C21H26N2O4S/c1-27-20-10-12-23(13-11-20)21(24)22-19-9-5-8-18(14-19)16-28(25,26)15-17-6-3-2-4-7-17/h2-9,14,20H,10-13,15-16H2,1H3,(H,22,24). The number of carbonyl (C=O) groups excluding carboxylic acids is 1. The number of nitrogens with zero attached hydrogens (tertiary/aromatic N) is 1. The maximum absolute atomic E-state index is 12.5. The van der Waals surface area contributed by atoms with Gasteiger partial charge < -0.3 is 15.0 Å². The van der Waals surface area contributed by atoms with E-state index in [1.165, 1.54) is 0 Å². The number of ether oxygens (including phenoxy) is 1. The fourth-order valence-corrected chi connectivity index (χ4v) is 4.86. The smallest absolute Gasteiger partial charge is 0.321 e. The SMILES string of the molecule is COC1CCN(C(=O)Nc2cccc(CS(=O)(=O)Cc3ccccc3)c2)CC1. The van der Waals surface area contributed by atoms with Crippen molar-refractivity contribution in [3.05, 3.63) is 65.7 Å². The zero-order valence-corrected chi connectivity index (χ0v) is 16.8. The van der Waals surface area contributed by atoms with Gasteiger partial charge in [0.25, 0.3) is 0 Å². The molecule has 2 amide bonds. The Morgan fingerprint density at radius 3 is 2.36 bits per heavy atom. The summed E-state index contributed by atoms with van der Waals surface area (Å²) in [5, 5.41) is 2.87. The molecule has 7 heteroatoms. The molecule has 1 saturated heterocycles. The number of benzene rings is 2. The van der Waals surface area contributed by atoms with Gasteiger partial charge in [0.05, 0.1) is 17.6 Å². The molecule has 1 aliphatic rings. The second-order valence-electron chi connectivity index (χ2n) is 7.07. The molecular weight excluding hydrogens is 376 g/mol. The van der Waals surface area contributed by atoms with Crippen LogP contribution >= 0.6 is 0 Å². The van der Waals surface area contributed by atoms with Crippen LogP contribution in [0.2, 0.25) is 0 Å². The summed E-state index contributed by atoms with van der Waals surface area (Å²) in [4.78, 5) is 14.2. The van der Waals surface area contributed by atoms with Gasteiger partial charge in [0.2, 0.25) is 0 Å². The molecule has 150 valence electrons. The van der Waals surface area contributed by atoms with Crippen LogP contribution < -0.4 is 5.32 Å². The van der Waals surface area contributed by atoms with Crippen LogP contribution in [0.4, 0.5) is 10.5 Å². The van der Waals surface area contributed by atoms with Crippen molar-refractivity contribution >= 4 is 21.6 Å². The first kappa shape index (κ1) is 20.4. The maximum atomic E-state index is 12.5. The van der Waals surface area contributed by atoms with Gasteiger partial charge in [0.1, 0.15) is 0 Å². The fourth-order valence-electron chi connectivity index (χ4n) is 3.37. The zero-order chi connectivity index (χ0) is 20.0. The average Bonchev–Trinajstić information content (AvgIpc) is 2.68. The first-order valence-electron chi connectivity index (χ1n) is 9.37. The van der Waals surface area contributed by atoms with Crippen LogP contribution in [0.5, 0.6) is 0 Å². The van der Waals surface area contributed by atoms with E-state index in [0.29, 0.717) is 24.3 Å². The highest BCUT2D eigenvalue weighted by Crippen LogP contribution is 2.18. The van der Waals surface area contributed by atoms with Crippen LogP contribution in [0.1, 0.15) is 24.0 Å². The molecule has 0 atom stereocenters. The van der Waals surface area contributed by atoms with Crippen LogP contribution in [0.3, 0.4) is 0 Å². The highest BCUT2D eigenvalue weighted by molar-refractivity contribution is 7.89. The van der Waals surface area contributed by atoms with Crippen molar-refractivity contribution < 1.29 is 17.9 Å². The van der Waals surface area contributed by atoms with Crippen molar-refractivity contribution in [2.24, 2.45) is 0 Å². The average molecular weight is 403 g/mol. The summed E-state index contributed by atoms with van der Waals surface area (Å²) in [6, 6.07) is 16.0. The van der Waals surface area contributed by atoms with Crippen LogP contribution in [0, 0.1) is 0 Å². The van der Waals surface area contributed by atoms with Crippen molar-refractivity contribution in [2.45, 2.75) is 30.5 Å². The monoisotopic (exact) mass is 402 g/mol. The zero-order valence-electron chi connectivity index (χ0n) is 16.0. The molecule has 0 radical (unpaired) electrons. The number of anilines is 1. The molecule has 2 aromatic rings. The summed E-state index contributed by atoms with van der Waals surface area (Å²) < 4.78 is 30.3. The lowest BCUT2D eigenvalue weighted by Crippen LogP contribution is -2.42. The lowest BCUT2D eigenvalue weighted by molar-refractivity contribution is 0.0521. The van der Waals surface area contributed by atoms with E-state index in [1.54, 1.807) is 48.4 Å². The van der Waals surface area contributed by atoms with Gasteiger partial charge in [-0.2, -0.15) is 0 Å². The van der Waals surface area contributed by atoms with Crippen LogP contribution in [-0.2, 0) is 26.1 Å². The second-order valence-corrected chi connectivity index (χ2v) is 9.13. The minimum atomic E-state index is -3.30. The van der Waals surface area contributed by atoms with E-state index in [1.807, 2.05) is 18.2 Å². The molecule has 0 unspecified atom stereocenters. The third kappa shape index (κ3) is 5.81. The number of methoxy groups -OCH3 is 1. The third-order valence-corrected chi connectivity index (χ3v) is 6.40. The molecular formula is C21H26N2O4S. The van der Waals surface area contributed by atoms with Gasteiger partial charge in [0.15, 0.2) is 9.84 Å². The number of likely N-dealkylation sites (tertiary alicyclic amines) is 1. The number of nitrogens with one attached hydrogen (secondary N) is 1. The number of amides is 2. The largest absolute Gasteiger partial charge is 0.381 e. The van der Waals surface area contributed by atoms with Crippen LogP contribution in [0.15, 0.2) is 54.6 Å². The second kappa shape index (κ2) is 9.21. The number of hydrogen-bond acceptors (Lipinski definition) is 4. The Morgan fingerprint density at radius 2 is 1.68 bits per heavy atom. The molecule has 0 saturated carbocycles.